The Balaban J connectivity index is 2.55. The van der Waals surface area contributed by atoms with Crippen molar-refractivity contribution in [1.82, 2.24) is 9.78 Å². The maximum absolute atomic E-state index is 11.0. The summed E-state index contributed by atoms with van der Waals surface area (Å²) in [5.74, 6) is 0.501. The maximum Gasteiger partial charge on any atom is 0.266 e. The van der Waals surface area contributed by atoms with Crippen molar-refractivity contribution in [2.45, 2.75) is 17.9 Å². The molecule has 7 heteroatoms. The predicted octanol–water partition coefficient (Wildman–Crippen LogP) is 0.626. The van der Waals surface area contributed by atoms with Crippen LogP contribution in [0.4, 0.5) is 5.82 Å². The first-order chi connectivity index (χ1) is 6.09. The SMILES string of the molecule is O=S(=O)(Cl)c1cnn2c1NCCC2. The smallest absolute Gasteiger partial charge is 0.266 e. The number of hydrogen-bond donors (Lipinski definition) is 1. The number of fused-ring (bicyclic) bond motifs is 1. The Morgan fingerprint density at radius 3 is 3.08 bits per heavy atom. The molecule has 0 spiro atoms. The zero-order valence-corrected chi connectivity index (χ0v) is 8.27. The van der Waals surface area contributed by atoms with Crippen LogP contribution in [0.3, 0.4) is 0 Å². The van der Waals surface area contributed by atoms with Crippen LogP contribution in [0, 0.1) is 0 Å². The molecule has 1 aliphatic heterocycles. The number of aromatic nitrogens is 2. The van der Waals surface area contributed by atoms with Crippen LogP contribution < -0.4 is 5.32 Å². The van der Waals surface area contributed by atoms with Gasteiger partial charge in [-0.2, -0.15) is 5.10 Å². The fourth-order valence-electron chi connectivity index (χ4n) is 1.33. The van der Waals surface area contributed by atoms with Gasteiger partial charge in [0.2, 0.25) is 0 Å². The van der Waals surface area contributed by atoms with Crippen LogP contribution in [-0.2, 0) is 15.6 Å². The van der Waals surface area contributed by atoms with Crippen molar-refractivity contribution in [2.75, 3.05) is 11.9 Å². The van der Waals surface area contributed by atoms with E-state index < -0.39 is 9.05 Å². The van der Waals surface area contributed by atoms with Crippen molar-refractivity contribution in [3.63, 3.8) is 0 Å². The summed E-state index contributed by atoms with van der Waals surface area (Å²) in [5.41, 5.74) is 0. The summed E-state index contributed by atoms with van der Waals surface area (Å²) in [6, 6.07) is 0. The normalized spacial score (nSPS) is 16.4. The van der Waals surface area contributed by atoms with Gasteiger partial charge in [-0.3, -0.25) is 0 Å². The van der Waals surface area contributed by atoms with Gasteiger partial charge in [0.1, 0.15) is 10.7 Å². The average Bonchev–Trinajstić information content (AvgIpc) is 2.45. The second-order valence-corrected chi connectivity index (χ2v) is 5.33. The van der Waals surface area contributed by atoms with Crippen LogP contribution in [0.25, 0.3) is 0 Å². The molecule has 13 heavy (non-hydrogen) atoms. The van der Waals surface area contributed by atoms with Crippen LogP contribution in [0.15, 0.2) is 11.1 Å². The lowest BCUT2D eigenvalue weighted by atomic mass is 10.3. The Bertz CT molecular complexity index is 425. The highest BCUT2D eigenvalue weighted by Crippen LogP contribution is 2.26. The second-order valence-electron chi connectivity index (χ2n) is 2.80. The topological polar surface area (TPSA) is 64.0 Å². The largest absolute Gasteiger partial charge is 0.369 e. The Labute approximate surface area is 80.1 Å². The van der Waals surface area contributed by atoms with Gasteiger partial charge in [0.15, 0.2) is 0 Å². The number of hydrogen-bond acceptors (Lipinski definition) is 4. The zero-order chi connectivity index (χ0) is 9.47. The highest BCUT2D eigenvalue weighted by molar-refractivity contribution is 8.13. The molecule has 0 unspecified atom stereocenters. The van der Waals surface area contributed by atoms with Gasteiger partial charge in [-0.15, -0.1) is 0 Å². The molecular formula is C6H8ClN3O2S. The van der Waals surface area contributed by atoms with Gasteiger partial charge in [-0.05, 0) is 6.42 Å². The molecule has 72 valence electrons. The average molecular weight is 222 g/mol. The molecule has 2 rings (SSSR count). The van der Waals surface area contributed by atoms with Gasteiger partial charge in [-0.1, -0.05) is 0 Å². The first-order valence-corrected chi connectivity index (χ1v) is 6.14. The molecule has 0 radical (unpaired) electrons. The Morgan fingerprint density at radius 2 is 2.38 bits per heavy atom. The molecule has 0 aliphatic carbocycles. The van der Waals surface area contributed by atoms with E-state index in [-0.39, 0.29) is 4.90 Å². The maximum atomic E-state index is 11.0. The summed E-state index contributed by atoms with van der Waals surface area (Å²) >= 11 is 0. The summed E-state index contributed by atoms with van der Waals surface area (Å²) in [6.45, 7) is 1.49. The van der Waals surface area contributed by atoms with Crippen molar-refractivity contribution in [3.05, 3.63) is 6.20 Å². The predicted molar refractivity (Wildman–Crippen MR) is 48.4 cm³/mol. The molecule has 0 saturated heterocycles. The van der Waals surface area contributed by atoms with Gasteiger partial charge in [0.05, 0.1) is 6.20 Å². The van der Waals surface area contributed by atoms with Gasteiger partial charge in [-0.25, -0.2) is 13.1 Å². The molecule has 0 atom stereocenters. The third-order valence-electron chi connectivity index (χ3n) is 1.91. The Hall–Kier alpha value is -0.750. The molecule has 0 bridgehead atoms. The van der Waals surface area contributed by atoms with Gasteiger partial charge in [0, 0.05) is 23.8 Å². The van der Waals surface area contributed by atoms with E-state index in [4.69, 9.17) is 10.7 Å². The molecule has 0 fully saturated rings. The first-order valence-electron chi connectivity index (χ1n) is 3.83. The minimum absolute atomic E-state index is 0.0638. The van der Waals surface area contributed by atoms with Gasteiger partial charge in [0.25, 0.3) is 9.05 Å². The molecule has 0 aromatic carbocycles. The molecule has 0 amide bonds. The lowest BCUT2D eigenvalue weighted by Gasteiger charge is -2.15. The highest BCUT2D eigenvalue weighted by atomic mass is 35.7. The number of anilines is 1. The summed E-state index contributed by atoms with van der Waals surface area (Å²) < 4.78 is 23.7. The monoisotopic (exact) mass is 221 g/mol. The molecule has 1 aromatic heterocycles. The van der Waals surface area contributed by atoms with E-state index in [1.807, 2.05) is 0 Å². The first kappa shape index (κ1) is 8.83. The van der Waals surface area contributed by atoms with Crippen molar-refractivity contribution in [3.8, 4) is 0 Å². The van der Waals surface area contributed by atoms with Crippen LogP contribution in [-0.4, -0.2) is 24.7 Å². The molecule has 1 aliphatic rings. The fourth-order valence-corrected chi connectivity index (χ4v) is 2.25. The summed E-state index contributed by atoms with van der Waals surface area (Å²) in [4.78, 5) is 0.0638. The number of rotatable bonds is 1. The van der Waals surface area contributed by atoms with Crippen LogP contribution in [0.1, 0.15) is 6.42 Å². The molecular weight excluding hydrogens is 214 g/mol. The van der Waals surface area contributed by atoms with Crippen LogP contribution in [0.2, 0.25) is 0 Å². The van der Waals surface area contributed by atoms with Crippen LogP contribution in [0.5, 0.6) is 0 Å². The van der Waals surface area contributed by atoms with E-state index >= 15 is 0 Å². The molecule has 1 aromatic rings. The van der Waals surface area contributed by atoms with E-state index in [2.05, 4.69) is 10.4 Å². The number of nitrogens with zero attached hydrogens (tertiary/aromatic N) is 2. The highest BCUT2D eigenvalue weighted by Gasteiger charge is 2.22. The van der Waals surface area contributed by atoms with E-state index in [1.54, 1.807) is 4.68 Å². The van der Waals surface area contributed by atoms with Crippen molar-refractivity contribution >= 4 is 25.6 Å². The minimum Gasteiger partial charge on any atom is -0.369 e. The zero-order valence-electron chi connectivity index (χ0n) is 6.70. The fraction of sp³-hybridized carbons (Fsp3) is 0.500. The summed E-state index contributed by atoms with van der Waals surface area (Å²) in [6.07, 6.45) is 2.21. The third-order valence-corrected chi connectivity index (χ3v) is 3.23. The Kier molecular flexibility index (Phi) is 1.96. The molecule has 1 N–H and O–H groups in total. The lowest BCUT2D eigenvalue weighted by molar-refractivity contribution is 0.565. The standard InChI is InChI=1S/C6H8ClN3O2S/c7-13(11,12)5-4-9-10-3-1-2-8-6(5)10/h4,8H,1-3H2. The van der Waals surface area contributed by atoms with E-state index in [9.17, 15) is 8.42 Å². The Morgan fingerprint density at radius 1 is 1.62 bits per heavy atom. The van der Waals surface area contributed by atoms with E-state index in [0.717, 1.165) is 19.5 Å². The van der Waals surface area contributed by atoms with E-state index in [1.165, 1.54) is 6.20 Å². The van der Waals surface area contributed by atoms with Crippen LogP contribution >= 0.6 is 10.7 Å². The quantitative estimate of drug-likeness (QED) is 0.707. The second kappa shape index (κ2) is 2.88. The number of halogens is 1. The lowest BCUT2D eigenvalue weighted by Crippen LogP contribution is -2.18. The number of aryl methyl sites for hydroxylation is 1. The number of nitrogens with one attached hydrogen (secondary N) is 1. The van der Waals surface area contributed by atoms with Crippen molar-refractivity contribution in [1.29, 1.82) is 0 Å². The van der Waals surface area contributed by atoms with Crippen molar-refractivity contribution < 1.29 is 8.42 Å². The van der Waals surface area contributed by atoms with Gasteiger partial charge < -0.3 is 5.32 Å². The van der Waals surface area contributed by atoms with Crippen molar-refractivity contribution in [2.24, 2.45) is 0 Å². The molecule has 2 heterocycles. The molecule has 5 nitrogen and oxygen atoms in total. The minimum atomic E-state index is -3.67. The summed E-state index contributed by atoms with van der Waals surface area (Å²) in [7, 11) is 1.54. The van der Waals surface area contributed by atoms with Gasteiger partial charge >= 0.3 is 0 Å². The summed E-state index contributed by atoms with van der Waals surface area (Å²) in [5, 5.41) is 6.87. The van der Waals surface area contributed by atoms with E-state index in [0.29, 0.717) is 5.82 Å². The molecule has 0 saturated carbocycles. The third kappa shape index (κ3) is 1.51.